The van der Waals surface area contributed by atoms with Gasteiger partial charge in [0, 0.05) is 35.9 Å². The highest BCUT2D eigenvalue weighted by Gasteiger charge is 2.12. The summed E-state index contributed by atoms with van der Waals surface area (Å²) < 4.78 is 18.5. The molecule has 0 spiro atoms. The molecule has 2 N–H and O–H groups in total. The van der Waals surface area contributed by atoms with Gasteiger partial charge in [-0.05, 0) is 48.9 Å². The van der Waals surface area contributed by atoms with E-state index in [1.807, 2.05) is 13.0 Å². The molecule has 6 nitrogen and oxygen atoms in total. The minimum absolute atomic E-state index is 0.318. The van der Waals surface area contributed by atoms with E-state index in [0.717, 1.165) is 44.1 Å². The van der Waals surface area contributed by atoms with Crippen LogP contribution in [0.25, 0.3) is 0 Å². The Bertz CT molecular complexity index is 867. The van der Waals surface area contributed by atoms with Gasteiger partial charge in [-0.3, -0.25) is 20.0 Å². The fraction of sp³-hybridized carbons (Fsp3) is 0.333. The summed E-state index contributed by atoms with van der Waals surface area (Å²) in [6, 6.07) is 10.8. The highest BCUT2D eigenvalue weighted by atomic mass is 35.5. The molecule has 0 radical (unpaired) electrons. The number of hydrogen-bond donors (Lipinski definition) is 2. The number of morpholine rings is 1. The quantitative estimate of drug-likeness (QED) is 0.577. The Labute approximate surface area is 174 Å². The van der Waals surface area contributed by atoms with Crippen molar-refractivity contribution in [2.45, 2.75) is 6.92 Å². The monoisotopic (exact) mass is 418 g/mol. The Hall–Kier alpha value is -2.48. The number of carbonyl (C=O) groups is 1. The lowest BCUT2D eigenvalue weighted by atomic mass is 10.2. The molecule has 1 heterocycles. The number of aliphatic imine (C=N–C) groups is 1. The van der Waals surface area contributed by atoms with E-state index in [9.17, 15) is 9.18 Å². The first kappa shape index (κ1) is 21.2. The van der Waals surface area contributed by atoms with E-state index in [1.165, 1.54) is 24.3 Å². The van der Waals surface area contributed by atoms with Gasteiger partial charge in [0.15, 0.2) is 0 Å². The number of anilines is 1. The molecule has 2 aromatic carbocycles. The normalized spacial score (nSPS) is 15.2. The number of carbonyl (C=O) groups excluding carboxylic acids is 1. The number of amides is 1. The lowest BCUT2D eigenvalue weighted by molar-refractivity contribution is 0.0394. The Balaban J connectivity index is 1.72. The van der Waals surface area contributed by atoms with Gasteiger partial charge in [0.1, 0.15) is 5.82 Å². The molecule has 1 amide bonds. The zero-order valence-corrected chi connectivity index (χ0v) is 17.0. The van der Waals surface area contributed by atoms with Crippen molar-refractivity contribution in [2.24, 2.45) is 4.99 Å². The van der Waals surface area contributed by atoms with Crippen molar-refractivity contribution in [1.82, 2.24) is 10.2 Å². The van der Waals surface area contributed by atoms with Crippen LogP contribution in [0.3, 0.4) is 0 Å². The average molecular weight is 419 g/mol. The van der Waals surface area contributed by atoms with Crippen LogP contribution < -0.4 is 10.6 Å². The van der Waals surface area contributed by atoms with E-state index >= 15 is 0 Å². The lowest BCUT2D eigenvalue weighted by Crippen LogP contribution is -2.39. The number of nitrogens with zero attached hydrogens (tertiary/aromatic N) is 2. The van der Waals surface area contributed by atoms with Gasteiger partial charge < -0.3 is 10.1 Å². The molecule has 0 unspecified atom stereocenters. The average Bonchev–Trinajstić information content (AvgIpc) is 2.72. The van der Waals surface area contributed by atoms with Gasteiger partial charge in [0.2, 0.25) is 5.96 Å². The molecule has 2 aromatic rings. The maximum atomic E-state index is 13.1. The second-order valence-electron chi connectivity index (χ2n) is 6.73. The summed E-state index contributed by atoms with van der Waals surface area (Å²) in [6.07, 6.45) is 0. The van der Waals surface area contributed by atoms with Crippen LogP contribution in [0.15, 0.2) is 47.5 Å². The van der Waals surface area contributed by atoms with Gasteiger partial charge in [-0.25, -0.2) is 4.39 Å². The second-order valence-corrected chi connectivity index (χ2v) is 7.17. The number of ether oxygens (including phenoxy) is 1. The van der Waals surface area contributed by atoms with Crippen molar-refractivity contribution in [2.75, 3.05) is 44.7 Å². The zero-order valence-electron chi connectivity index (χ0n) is 16.3. The Morgan fingerprint density at radius 3 is 2.66 bits per heavy atom. The molecule has 1 aliphatic heterocycles. The number of halogens is 2. The summed E-state index contributed by atoms with van der Waals surface area (Å²) in [7, 11) is 0. The molecule has 29 heavy (non-hydrogen) atoms. The lowest BCUT2D eigenvalue weighted by Gasteiger charge is -2.25. The molecule has 0 aliphatic carbocycles. The fourth-order valence-electron chi connectivity index (χ4n) is 2.88. The van der Waals surface area contributed by atoms with E-state index < -0.39 is 5.82 Å². The molecule has 3 rings (SSSR count). The van der Waals surface area contributed by atoms with Crippen LogP contribution in [0.4, 0.5) is 10.1 Å². The Kier molecular flexibility index (Phi) is 7.57. The number of rotatable bonds is 5. The standard InChI is InChI=1S/C21H24ClFN4O2/c1-15-2-5-17(22)14-19(15)25-21(24-8-9-27-10-12-29-13-11-27)26-20(28)16-3-6-18(23)7-4-16/h2-7,14H,8-13H2,1H3,(H2,24,25,26,28). The first-order valence-electron chi connectivity index (χ1n) is 9.46. The molecule has 8 heteroatoms. The second kappa shape index (κ2) is 10.3. The number of aryl methyl sites for hydroxylation is 1. The number of nitrogens with one attached hydrogen (secondary N) is 2. The molecule has 1 fully saturated rings. The van der Waals surface area contributed by atoms with Crippen molar-refractivity contribution in [3.63, 3.8) is 0 Å². The highest BCUT2D eigenvalue weighted by molar-refractivity contribution is 6.31. The van der Waals surface area contributed by atoms with Crippen molar-refractivity contribution >= 4 is 29.2 Å². The van der Waals surface area contributed by atoms with Crippen LogP contribution in [0.2, 0.25) is 5.02 Å². The van der Waals surface area contributed by atoms with Crippen LogP contribution in [0.5, 0.6) is 0 Å². The molecule has 1 saturated heterocycles. The molecule has 0 atom stereocenters. The summed E-state index contributed by atoms with van der Waals surface area (Å²) >= 11 is 6.10. The first-order valence-corrected chi connectivity index (χ1v) is 9.84. The van der Waals surface area contributed by atoms with Gasteiger partial charge in [0.25, 0.3) is 5.91 Å². The van der Waals surface area contributed by atoms with Gasteiger partial charge in [0.05, 0.1) is 19.8 Å². The summed E-state index contributed by atoms with van der Waals surface area (Å²) in [5.74, 6) is -0.450. The van der Waals surface area contributed by atoms with E-state index in [4.69, 9.17) is 16.3 Å². The summed E-state index contributed by atoms with van der Waals surface area (Å²) in [4.78, 5) is 19.4. The van der Waals surface area contributed by atoms with Crippen LogP contribution in [-0.2, 0) is 4.74 Å². The highest BCUT2D eigenvalue weighted by Crippen LogP contribution is 2.20. The summed E-state index contributed by atoms with van der Waals surface area (Å²) in [5, 5.41) is 6.51. The van der Waals surface area contributed by atoms with Crippen molar-refractivity contribution < 1.29 is 13.9 Å². The molecule has 0 bridgehead atoms. The molecular weight excluding hydrogens is 395 g/mol. The van der Waals surface area contributed by atoms with Crippen LogP contribution in [-0.4, -0.2) is 56.2 Å². The predicted molar refractivity (Wildman–Crippen MR) is 113 cm³/mol. The Morgan fingerprint density at radius 1 is 1.21 bits per heavy atom. The molecule has 0 saturated carbocycles. The van der Waals surface area contributed by atoms with Crippen LogP contribution >= 0.6 is 11.6 Å². The van der Waals surface area contributed by atoms with E-state index in [1.54, 1.807) is 12.1 Å². The van der Waals surface area contributed by atoms with Crippen LogP contribution in [0, 0.1) is 12.7 Å². The third-order valence-electron chi connectivity index (χ3n) is 4.58. The Morgan fingerprint density at radius 2 is 1.93 bits per heavy atom. The van der Waals surface area contributed by atoms with Crippen LogP contribution in [0.1, 0.15) is 15.9 Å². The zero-order chi connectivity index (χ0) is 20.6. The van der Waals surface area contributed by atoms with E-state index in [-0.39, 0.29) is 5.91 Å². The van der Waals surface area contributed by atoms with Crippen molar-refractivity contribution in [3.05, 3.63) is 64.4 Å². The maximum Gasteiger partial charge on any atom is 0.257 e. The van der Waals surface area contributed by atoms with Crippen molar-refractivity contribution in [3.8, 4) is 0 Å². The van der Waals surface area contributed by atoms with E-state index in [0.29, 0.717) is 23.1 Å². The molecule has 1 aliphatic rings. The minimum Gasteiger partial charge on any atom is -0.379 e. The maximum absolute atomic E-state index is 13.1. The molecule has 154 valence electrons. The van der Waals surface area contributed by atoms with Gasteiger partial charge in [-0.15, -0.1) is 0 Å². The van der Waals surface area contributed by atoms with Gasteiger partial charge in [-0.2, -0.15) is 0 Å². The third kappa shape index (κ3) is 6.52. The number of benzene rings is 2. The first-order chi connectivity index (χ1) is 14.0. The topological polar surface area (TPSA) is 66.0 Å². The molecular formula is C21H24ClFN4O2. The predicted octanol–water partition coefficient (Wildman–Crippen LogP) is 3.32. The summed E-state index contributed by atoms with van der Waals surface area (Å²) in [5.41, 5.74) is 2.06. The summed E-state index contributed by atoms with van der Waals surface area (Å²) in [6.45, 7) is 6.38. The van der Waals surface area contributed by atoms with E-state index in [2.05, 4.69) is 20.5 Å². The van der Waals surface area contributed by atoms with Gasteiger partial charge in [-0.1, -0.05) is 17.7 Å². The number of guanidine groups is 1. The molecule has 0 aromatic heterocycles. The minimum atomic E-state index is -0.395. The van der Waals surface area contributed by atoms with Crippen molar-refractivity contribution in [1.29, 1.82) is 0 Å². The SMILES string of the molecule is Cc1ccc(Cl)cc1NC(=NCCN1CCOCC1)NC(=O)c1ccc(F)cc1. The largest absolute Gasteiger partial charge is 0.379 e. The fourth-order valence-corrected chi connectivity index (χ4v) is 3.05. The van der Waals surface area contributed by atoms with Gasteiger partial charge >= 0.3 is 0 Å². The number of hydrogen-bond acceptors (Lipinski definition) is 4. The third-order valence-corrected chi connectivity index (χ3v) is 4.82. The smallest absolute Gasteiger partial charge is 0.257 e.